The maximum Gasteiger partial charge on any atom is 0.122 e. The fraction of sp³-hybridized carbons (Fsp3) is 0.500. The number of aryl methyl sites for hydroxylation is 1. The van der Waals surface area contributed by atoms with Crippen LogP contribution < -0.4 is 4.74 Å². The summed E-state index contributed by atoms with van der Waals surface area (Å²) >= 11 is 0. The molecule has 1 saturated carbocycles. The number of hydrogen-bond donors (Lipinski definition) is 0. The molecule has 1 aliphatic rings. The van der Waals surface area contributed by atoms with Crippen molar-refractivity contribution in [3.05, 3.63) is 30.0 Å². The first-order valence-corrected chi connectivity index (χ1v) is 6.87. The Morgan fingerprint density at radius 3 is 2.63 bits per heavy atom. The second-order valence-electron chi connectivity index (χ2n) is 5.94. The molecule has 1 heterocycles. The molecule has 0 saturated heterocycles. The summed E-state index contributed by atoms with van der Waals surface area (Å²) in [6.45, 7) is 3.18. The van der Waals surface area contributed by atoms with Crippen molar-refractivity contribution < 1.29 is 4.74 Å². The summed E-state index contributed by atoms with van der Waals surface area (Å²) in [5.41, 5.74) is 2.89. The number of likely N-dealkylation sites (N-methyl/N-ethyl adjacent to an activating group) is 1. The third kappa shape index (κ3) is 2.02. The van der Waals surface area contributed by atoms with Crippen molar-refractivity contribution in [1.82, 2.24) is 9.47 Å². The van der Waals surface area contributed by atoms with Gasteiger partial charge in [0.15, 0.2) is 0 Å². The van der Waals surface area contributed by atoms with Gasteiger partial charge in [-0.05, 0) is 57.6 Å². The second-order valence-corrected chi connectivity index (χ2v) is 5.94. The Hall–Kier alpha value is -1.48. The minimum Gasteiger partial charge on any atom is -0.496 e. The molecule has 1 fully saturated rings. The smallest absolute Gasteiger partial charge is 0.122 e. The van der Waals surface area contributed by atoms with Crippen LogP contribution in [0.1, 0.15) is 18.4 Å². The molecule has 0 aliphatic heterocycles. The molecule has 0 unspecified atom stereocenters. The predicted molar refractivity (Wildman–Crippen MR) is 78.9 cm³/mol. The number of rotatable bonds is 4. The number of benzene rings is 1. The Bertz CT molecular complexity index is 608. The molecule has 0 amide bonds. The molecule has 0 radical (unpaired) electrons. The largest absolute Gasteiger partial charge is 0.496 e. The molecule has 0 bridgehead atoms. The molecule has 0 N–H and O–H groups in total. The number of ether oxygens (including phenoxy) is 1. The van der Waals surface area contributed by atoms with Crippen molar-refractivity contribution in [2.24, 2.45) is 0 Å². The van der Waals surface area contributed by atoms with Gasteiger partial charge in [-0.15, -0.1) is 0 Å². The Balaban J connectivity index is 1.99. The highest BCUT2D eigenvalue weighted by Gasteiger charge is 2.45. The number of hydrogen-bond acceptors (Lipinski definition) is 2. The van der Waals surface area contributed by atoms with Crippen LogP contribution >= 0.6 is 0 Å². The van der Waals surface area contributed by atoms with Gasteiger partial charge in [0, 0.05) is 29.2 Å². The molecule has 1 aromatic heterocycles. The highest BCUT2D eigenvalue weighted by atomic mass is 16.5. The van der Waals surface area contributed by atoms with Gasteiger partial charge in [0.1, 0.15) is 5.75 Å². The zero-order valence-corrected chi connectivity index (χ0v) is 12.2. The van der Waals surface area contributed by atoms with Crippen molar-refractivity contribution in [3.63, 3.8) is 0 Å². The Kier molecular flexibility index (Phi) is 2.82. The zero-order valence-electron chi connectivity index (χ0n) is 12.2. The fourth-order valence-corrected chi connectivity index (χ4v) is 2.89. The molecule has 3 heteroatoms. The van der Waals surface area contributed by atoms with E-state index in [1.165, 1.54) is 29.3 Å². The van der Waals surface area contributed by atoms with Gasteiger partial charge in [0.25, 0.3) is 0 Å². The van der Waals surface area contributed by atoms with E-state index in [2.05, 4.69) is 54.9 Å². The Morgan fingerprint density at radius 2 is 2.05 bits per heavy atom. The summed E-state index contributed by atoms with van der Waals surface area (Å²) in [6.07, 6.45) is 4.80. The number of aromatic nitrogens is 1. The third-order valence-electron chi connectivity index (χ3n) is 4.53. The Labute approximate surface area is 114 Å². The van der Waals surface area contributed by atoms with Gasteiger partial charge in [0.05, 0.1) is 7.11 Å². The van der Waals surface area contributed by atoms with Crippen molar-refractivity contribution in [2.45, 2.75) is 31.8 Å². The van der Waals surface area contributed by atoms with E-state index in [-0.39, 0.29) is 0 Å². The van der Waals surface area contributed by atoms with Gasteiger partial charge in [-0.25, -0.2) is 0 Å². The highest BCUT2D eigenvalue weighted by Crippen LogP contribution is 2.42. The molecule has 102 valence electrons. The quantitative estimate of drug-likeness (QED) is 0.838. The molecule has 2 aromatic rings. The van der Waals surface area contributed by atoms with Gasteiger partial charge >= 0.3 is 0 Å². The molecule has 1 aliphatic carbocycles. The summed E-state index contributed by atoms with van der Waals surface area (Å²) in [6, 6.07) is 6.55. The van der Waals surface area contributed by atoms with Crippen LogP contribution in [0.25, 0.3) is 10.9 Å². The van der Waals surface area contributed by atoms with E-state index < -0.39 is 0 Å². The van der Waals surface area contributed by atoms with Crippen molar-refractivity contribution in [2.75, 3.05) is 21.2 Å². The van der Waals surface area contributed by atoms with Crippen LogP contribution in [-0.4, -0.2) is 36.2 Å². The summed E-state index contributed by atoms with van der Waals surface area (Å²) in [5.74, 6) is 0.971. The lowest BCUT2D eigenvalue weighted by molar-refractivity contribution is 0.244. The van der Waals surface area contributed by atoms with Gasteiger partial charge in [-0.3, -0.25) is 0 Å². The average Bonchev–Trinajstić information content (AvgIpc) is 3.07. The van der Waals surface area contributed by atoms with Gasteiger partial charge in [0.2, 0.25) is 0 Å². The highest BCUT2D eigenvalue weighted by molar-refractivity contribution is 5.83. The topological polar surface area (TPSA) is 17.4 Å². The second kappa shape index (κ2) is 4.27. The monoisotopic (exact) mass is 258 g/mol. The Morgan fingerprint density at radius 1 is 1.32 bits per heavy atom. The van der Waals surface area contributed by atoms with Crippen LogP contribution in [0.4, 0.5) is 0 Å². The van der Waals surface area contributed by atoms with Gasteiger partial charge in [-0.1, -0.05) is 0 Å². The van der Waals surface area contributed by atoms with Crippen LogP contribution in [0.3, 0.4) is 0 Å². The van der Waals surface area contributed by atoms with Crippen molar-refractivity contribution in [3.8, 4) is 5.75 Å². The van der Waals surface area contributed by atoms with Gasteiger partial charge < -0.3 is 14.2 Å². The number of fused-ring (bicyclic) bond motifs is 1. The summed E-state index contributed by atoms with van der Waals surface area (Å²) in [5, 5.41) is 1.26. The average molecular weight is 258 g/mol. The minimum atomic E-state index is 0.375. The molecular weight excluding hydrogens is 236 g/mol. The normalized spacial score (nSPS) is 17.1. The lowest BCUT2D eigenvalue weighted by Gasteiger charge is -2.24. The van der Waals surface area contributed by atoms with E-state index in [1.807, 2.05) is 0 Å². The molecule has 3 nitrogen and oxygen atoms in total. The van der Waals surface area contributed by atoms with E-state index in [9.17, 15) is 0 Å². The van der Waals surface area contributed by atoms with Crippen LogP contribution in [0.15, 0.2) is 24.4 Å². The first-order valence-electron chi connectivity index (χ1n) is 6.87. The molecule has 0 atom stereocenters. The lowest BCUT2D eigenvalue weighted by atomic mass is 10.1. The SMILES string of the molecule is COc1cc2ccn(CC3(N(C)C)CC3)c2cc1C. The van der Waals surface area contributed by atoms with Crippen molar-refractivity contribution >= 4 is 10.9 Å². The van der Waals surface area contributed by atoms with E-state index in [0.29, 0.717) is 5.54 Å². The summed E-state index contributed by atoms with van der Waals surface area (Å²) in [4.78, 5) is 2.37. The van der Waals surface area contributed by atoms with E-state index in [0.717, 1.165) is 12.3 Å². The maximum atomic E-state index is 5.40. The predicted octanol–water partition coefficient (Wildman–Crippen LogP) is 3.05. The van der Waals surface area contributed by atoms with E-state index in [1.54, 1.807) is 7.11 Å². The third-order valence-corrected chi connectivity index (χ3v) is 4.53. The number of methoxy groups -OCH3 is 1. The zero-order chi connectivity index (χ0) is 13.6. The maximum absolute atomic E-state index is 5.40. The molecule has 1 aromatic carbocycles. The van der Waals surface area contributed by atoms with Crippen LogP contribution in [-0.2, 0) is 6.54 Å². The first kappa shape index (κ1) is 12.5. The van der Waals surface area contributed by atoms with E-state index in [4.69, 9.17) is 4.74 Å². The summed E-state index contributed by atoms with van der Waals surface area (Å²) < 4.78 is 7.78. The standard InChI is InChI=1S/C16H22N2O/c1-12-9-14-13(10-15(12)19-4)5-8-18(14)11-16(6-7-16)17(2)3/h5,8-10H,6-7,11H2,1-4H3. The van der Waals surface area contributed by atoms with Crippen molar-refractivity contribution in [1.29, 1.82) is 0 Å². The van der Waals surface area contributed by atoms with Crippen LogP contribution in [0.5, 0.6) is 5.75 Å². The van der Waals surface area contributed by atoms with Gasteiger partial charge in [-0.2, -0.15) is 0 Å². The van der Waals surface area contributed by atoms with E-state index >= 15 is 0 Å². The van der Waals surface area contributed by atoms with Crippen LogP contribution in [0, 0.1) is 6.92 Å². The first-order chi connectivity index (χ1) is 9.05. The lowest BCUT2D eigenvalue weighted by Crippen LogP contribution is -2.34. The molecular formula is C16H22N2O. The minimum absolute atomic E-state index is 0.375. The molecule has 0 spiro atoms. The molecule has 19 heavy (non-hydrogen) atoms. The summed E-state index contributed by atoms with van der Waals surface area (Å²) in [7, 11) is 6.11. The van der Waals surface area contributed by atoms with Crippen LogP contribution in [0.2, 0.25) is 0 Å². The number of nitrogens with zero attached hydrogens (tertiary/aromatic N) is 2. The fourth-order valence-electron chi connectivity index (χ4n) is 2.89. The molecule has 3 rings (SSSR count).